The number of hydrogen-bond acceptors (Lipinski definition) is 4. The number of aryl methyl sites for hydroxylation is 1. The minimum atomic E-state index is -6.36. The highest BCUT2D eigenvalue weighted by molar-refractivity contribution is 7.48. The van der Waals surface area contributed by atoms with Crippen molar-refractivity contribution in [3.8, 4) is 5.88 Å². The van der Waals surface area contributed by atoms with E-state index in [1.54, 1.807) is 0 Å². The maximum Gasteiger partial charge on any atom is 0.533 e. The van der Waals surface area contributed by atoms with Gasteiger partial charge in [-0.05, 0) is 6.07 Å². The van der Waals surface area contributed by atoms with Crippen molar-refractivity contribution in [2.45, 2.75) is 18.0 Å². The summed E-state index contributed by atoms with van der Waals surface area (Å²) in [6.45, 7) is 0. The van der Waals surface area contributed by atoms with E-state index in [1.807, 2.05) is 0 Å². The van der Waals surface area contributed by atoms with Crippen LogP contribution in [0.25, 0.3) is 0 Å². The second-order valence-electron chi connectivity index (χ2n) is 4.49. The Kier molecular flexibility index (Phi) is 3.79. The van der Waals surface area contributed by atoms with E-state index in [0.717, 1.165) is 23.9 Å². The van der Waals surface area contributed by atoms with Gasteiger partial charge < -0.3 is 4.52 Å². The fourth-order valence-electron chi connectivity index (χ4n) is 1.94. The number of carbonyl (C=O) groups excluding carboxylic acids is 1. The van der Waals surface area contributed by atoms with E-state index in [2.05, 4.69) is 9.05 Å². The van der Waals surface area contributed by atoms with Crippen LogP contribution >= 0.6 is 7.82 Å². The number of phosphoric acid groups is 1. The van der Waals surface area contributed by atoms with Gasteiger partial charge in [0, 0.05) is 6.07 Å². The van der Waals surface area contributed by atoms with Crippen LogP contribution in [0, 0.1) is 0 Å². The third-order valence-corrected chi connectivity index (χ3v) is 3.85. The summed E-state index contributed by atoms with van der Waals surface area (Å²) in [7, 11) is -4.84. The molecule has 0 spiro atoms. The first-order valence-electron chi connectivity index (χ1n) is 5.63. The molecule has 1 aromatic heterocycles. The molecule has 23 heavy (non-hydrogen) atoms. The molecule has 1 aliphatic heterocycles. The Morgan fingerprint density at radius 1 is 1.22 bits per heavy atom. The number of aromatic nitrogens is 1. The number of Topliss-reactive ketones (excluding diaryl/α,β-unsaturated/α-hetero) is 1. The predicted octanol–water partition coefficient (Wildman–Crippen LogP) is 2.07. The Balaban J connectivity index is 2.89. The summed E-state index contributed by atoms with van der Waals surface area (Å²) < 4.78 is 98.5. The van der Waals surface area contributed by atoms with E-state index in [-0.39, 0.29) is 0 Å². The van der Waals surface area contributed by atoms with Crippen LogP contribution in [-0.2, 0) is 16.1 Å². The van der Waals surface area contributed by atoms with Crippen LogP contribution in [0.15, 0.2) is 18.3 Å². The summed E-state index contributed by atoms with van der Waals surface area (Å²) in [5.41, 5.74) is -6.72. The van der Waals surface area contributed by atoms with Crippen LogP contribution in [0.1, 0.15) is 10.4 Å². The number of phosphoric ester groups is 1. The van der Waals surface area contributed by atoms with E-state index in [0.29, 0.717) is 6.07 Å². The van der Waals surface area contributed by atoms with E-state index in [1.165, 1.54) is 0 Å². The minimum Gasteiger partial charge on any atom is -0.347 e. The van der Waals surface area contributed by atoms with Crippen molar-refractivity contribution in [3.05, 3.63) is 23.9 Å². The zero-order chi connectivity index (χ0) is 17.8. The molecule has 0 saturated carbocycles. The summed E-state index contributed by atoms with van der Waals surface area (Å²) in [5.74, 6) is -3.56. The van der Waals surface area contributed by atoms with Crippen molar-refractivity contribution in [1.29, 1.82) is 0 Å². The summed E-state index contributed by atoms with van der Waals surface area (Å²) in [5, 5.41) is 0. The van der Waals surface area contributed by atoms with Crippen LogP contribution < -0.4 is 9.09 Å². The molecule has 1 unspecified atom stereocenters. The molecule has 0 fully saturated rings. The molecule has 0 saturated heterocycles. The molecule has 1 aliphatic rings. The number of hydrogen-bond donors (Lipinski definition) is 1. The molecule has 128 valence electrons. The highest BCUT2D eigenvalue weighted by Gasteiger charge is 2.80. The number of nitrogens with zero attached hydrogens (tertiary/aromatic N) is 1. The average molecular weight is 366 g/mol. The van der Waals surface area contributed by atoms with Crippen molar-refractivity contribution in [2.75, 3.05) is 0 Å². The Hall–Kier alpha value is -1.65. The van der Waals surface area contributed by atoms with Crippen LogP contribution in [0.3, 0.4) is 0 Å². The molecule has 0 aromatic carbocycles. The minimum absolute atomic E-state index is 0.596. The third-order valence-electron chi connectivity index (χ3n) is 2.94. The summed E-state index contributed by atoms with van der Waals surface area (Å²) in [6, 6.07) is 1.56. The molecule has 1 atom stereocenters. The van der Waals surface area contributed by atoms with Crippen molar-refractivity contribution < 1.29 is 54.2 Å². The summed E-state index contributed by atoms with van der Waals surface area (Å²) >= 11 is 0. The van der Waals surface area contributed by atoms with Crippen molar-refractivity contribution in [2.24, 2.45) is 7.05 Å². The van der Waals surface area contributed by atoms with Gasteiger partial charge in [0.15, 0.2) is 6.20 Å². The lowest BCUT2D eigenvalue weighted by molar-refractivity contribution is -0.674. The lowest BCUT2D eigenvalue weighted by Crippen LogP contribution is -2.63. The number of ketones is 1. The van der Waals surface area contributed by atoms with Gasteiger partial charge in [-0.3, -0.25) is 9.69 Å². The molecule has 1 N–H and O–H groups in total. The number of pyridine rings is 1. The third kappa shape index (κ3) is 2.60. The number of rotatable bonds is 0. The quantitative estimate of drug-likeness (QED) is 0.432. The van der Waals surface area contributed by atoms with Crippen LogP contribution in [0.5, 0.6) is 5.88 Å². The molecule has 2 heterocycles. The lowest BCUT2D eigenvalue weighted by atomic mass is 9.92. The van der Waals surface area contributed by atoms with Crippen LogP contribution in [0.4, 0.5) is 26.3 Å². The average Bonchev–Trinajstić information content (AvgIpc) is 2.43. The van der Waals surface area contributed by atoms with Gasteiger partial charge in [0.2, 0.25) is 5.78 Å². The Morgan fingerprint density at radius 2 is 1.74 bits per heavy atom. The SMILES string of the molecule is C[n+]1cccc2c1OP(=O)(O)OC(C(F)(F)F)(C(F)(F)F)C2=O. The van der Waals surface area contributed by atoms with Gasteiger partial charge in [-0.1, -0.05) is 0 Å². The molecule has 0 aliphatic carbocycles. The van der Waals surface area contributed by atoms with E-state index >= 15 is 0 Å². The highest BCUT2D eigenvalue weighted by Crippen LogP contribution is 2.59. The largest absolute Gasteiger partial charge is 0.533 e. The predicted molar refractivity (Wildman–Crippen MR) is 58.3 cm³/mol. The van der Waals surface area contributed by atoms with E-state index < -0.39 is 43.0 Å². The maximum atomic E-state index is 13.1. The smallest absolute Gasteiger partial charge is 0.347 e. The monoisotopic (exact) mass is 366 g/mol. The molecular formula is C10H7F6NO5P+. The fraction of sp³-hybridized carbons (Fsp3) is 0.400. The first-order chi connectivity index (χ1) is 10.2. The Labute approximate surface area is 123 Å². The molecule has 2 rings (SSSR count). The first-order valence-corrected chi connectivity index (χ1v) is 7.12. The Morgan fingerprint density at radius 3 is 2.22 bits per heavy atom. The molecule has 0 amide bonds. The summed E-state index contributed by atoms with van der Waals surface area (Å²) in [4.78, 5) is 21.3. The van der Waals surface area contributed by atoms with Gasteiger partial charge in [-0.2, -0.15) is 30.9 Å². The van der Waals surface area contributed by atoms with E-state index in [4.69, 9.17) is 0 Å². The number of fused-ring (bicyclic) bond motifs is 1. The summed E-state index contributed by atoms with van der Waals surface area (Å²) in [6.07, 6.45) is -11.6. The van der Waals surface area contributed by atoms with Crippen LogP contribution in [-0.4, -0.2) is 28.6 Å². The number of halogens is 6. The zero-order valence-electron chi connectivity index (χ0n) is 11.0. The van der Waals surface area contributed by atoms with E-state index in [9.17, 15) is 40.6 Å². The van der Waals surface area contributed by atoms with Crippen LogP contribution in [0.2, 0.25) is 0 Å². The van der Waals surface area contributed by atoms with Crippen molar-refractivity contribution >= 4 is 13.6 Å². The number of alkyl halides is 6. The Bertz CT molecular complexity index is 701. The van der Waals surface area contributed by atoms with Gasteiger partial charge >= 0.3 is 31.7 Å². The zero-order valence-corrected chi connectivity index (χ0v) is 11.9. The molecule has 6 nitrogen and oxygen atoms in total. The number of carbonyl (C=O) groups is 1. The van der Waals surface area contributed by atoms with Gasteiger partial charge in [0.25, 0.3) is 0 Å². The molecule has 0 radical (unpaired) electrons. The normalized spacial score (nSPS) is 24.6. The van der Waals surface area contributed by atoms with Crippen molar-refractivity contribution in [1.82, 2.24) is 0 Å². The maximum absolute atomic E-state index is 13.1. The van der Waals surface area contributed by atoms with Gasteiger partial charge in [0.1, 0.15) is 12.6 Å². The first kappa shape index (κ1) is 17.7. The van der Waals surface area contributed by atoms with Gasteiger partial charge in [0.05, 0.1) is 0 Å². The topological polar surface area (TPSA) is 76.7 Å². The highest BCUT2D eigenvalue weighted by atomic mass is 31.2. The second kappa shape index (κ2) is 4.92. The fourth-order valence-corrected chi connectivity index (χ4v) is 3.06. The molecule has 13 heteroatoms. The molecule has 0 bridgehead atoms. The lowest BCUT2D eigenvalue weighted by Gasteiger charge is -2.33. The standard InChI is InChI=1S/C10H6F6NO5P/c1-17-4-2-3-5-6(18)8(9(11,12)13,10(14,15)16)22-23(19,20)21-7(5)17/h2-4H,1H3/p+1. The van der Waals surface area contributed by atoms with Gasteiger partial charge in [-0.25, -0.2) is 9.09 Å². The molecular weight excluding hydrogens is 359 g/mol. The molecule has 1 aromatic rings. The second-order valence-corrected chi connectivity index (χ2v) is 5.80. The van der Waals surface area contributed by atoms with Crippen molar-refractivity contribution in [3.63, 3.8) is 0 Å². The van der Waals surface area contributed by atoms with Gasteiger partial charge in [-0.15, -0.1) is 0 Å².